The minimum atomic E-state index is -4.60. The Balaban J connectivity index is 2.54. The molecule has 2 aromatic rings. The molecule has 0 fully saturated rings. The number of sulfonamides is 1. The van der Waals surface area contributed by atoms with Gasteiger partial charge in [0, 0.05) is 12.2 Å². The van der Waals surface area contributed by atoms with Crippen LogP contribution < -0.4 is 15.4 Å². The summed E-state index contributed by atoms with van der Waals surface area (Å²) in [6.07, 6.45) is -2.79. The van der Waals surface area contributed by atoms with Gasteiger partial charge >= 0.3 is 12.2 Å². The molecule has 1 heterocycles. The lowest BCUT2D eigenvalue weighted by atomic mass is 10.2. The second-order valence-electron chi connectivity index (χ2n) is 5.97. The molecule has 152 valence electrons. The molecule has 8 nitrogen and oxygen atoms in total. The number of carbonyl (C=O) groups excluding carboxylic acids is 1. The zero-order valence-electron chi connectivity index (χ0n) is 14.7. The number of rotatable bonds is 4. The Morgan fingerprint density at radius 2 is 1.93 bits per heavy atom. The molecule has 0 aliphatic rings. The maximum Gasteiger partial charge on any atom is 0.416 e. The molecule has 0 radical (unpaired) electrons. The Kier molecular flexibility index (Phi) is 6.02. The van der Waals surface area contributed by atoms with Gasteiger partial charge in [-0.3, -0.25) is 0 Å². The van der Waals surface area contributed by atoms with E-state index < -0.39 is 32.7 Å². The third-order valence-electron chi connectivity index (χ3n) is 3.25. The number of amides is 2. The summed E-state index contributed by atoms with van der Waals surface area (Å²) in [5.74, 6) is 0. The van der Waals surface area contributed by atoms with Crippen molar-refractivity contribution < 1.29 is 31.6 Å². The molecule has 0 saturated heterocycles. The highest BCUT2D eigenvalue weighted by Crippen LogP contribution is 2.31. The lowest BCUT2D eigenvalue weighted by molar-refractivity contribution is -0.137. The van der Waals surface area contributed by atoms with E-state index in [4.69, 9.17) is 0 Å². The molecule has 0 unspecified atom stereocenters. The number of nitrogens with one attached hydrogen (secondary N) is 2. The Morgan fingerprint density at radius 1 is 1.25 bits per heavy atom. The highest BCUT2D eigenvalue weighted by atomic mass is 32.2. The zero-order valence-corrected chi connectivity index (χ0v) is 15.5. The molecule has 28 heavy (non-hydrogen) atoms. The second kappa shape index (κ2) is 7.92. The molecule has 0 bridgehead atoms. The number of halogens is 3. The molecule has 2 rings (SSSR count). The number of pyridine rings is 1. The number of urea groups is 1. The van der Waals surface area contributed by atoms with Crippen LogP contribution in [0, 0.1) is 0 Å². The second-order valence-corrected chi connectivity index (χ2v) is 7.62. The summed E-state index contributed by atoms with van der Waals surface area (Å²) in [6, 6.07) is 3.70. The largest absolute Gasteiger partial charge is 0.429 e. The van der Waals surface area contributed by atoms with Gasteiger partial charge in [-0.15, -0.1) is 0 Å². The first-order chi connectivity index (χ1) is 12.9. The van der Waals surface area contributed by atoms with E-state index in [9.17, 15) is 31.6 Å². The monoisotopic (exact) mass is 418 g/mol. The van der Waals surface area contributed by atoms with Gasteiger partial charge in [-0.1, -0.05) is 6.07 Å². The predicted molar refractivity (Wildman–Crippen MR) is 92.3 cm³/mol. The van der Waals surface area contributed by atoms with Crippen LogP contribution >= 0.6 is 0 Å². The average Bonchev–Trinajstić information content (AvgIpc) is 2.54. The van der Waals surface area contributed by atoms with Crippen molar-refractivity contribution in [2.75, 3.05) is 0 Å². The van der Waals surface area contributed by atoms with Crippen molar-refractivity contribution in [2.24, 2.45) is 4.99 Å². The first-order valence-electron chi connectivity index (χ1n) is 7.85. The van der Waals surface area contributed by atoms with Crippen molar-refractivity contribution in [1.29, 1.82) is 0 Å². The van der Waals surface area contributed by atoms with Crippen molar-refractivity contribution in [3.05, 3.63) is 53.6 Å². The zero-order chi connectivity index (χ0) is 21.1. The van der Waals surface area contributed by atoms with Gasteiger partial charge < -0.3 is 10.5 Å². The maximum atomic E-state index is 12.8. The van der Waals surface area contributed by atoms with Gasteiger partial charge in [0.05, 0.1) is 22.8 Å². The van der Waals surface area contributed by atoms with Crippen molar-refractivity contribution in [3.63, 3.8) is 0 Å². The summed E-state index contributed by atoms with van der Waals surface area (Å²) >= 11 is 0. The van der Waals surface area contributed by atoms with Crippen LogP contribution in [0.1, 0.15) is 19.4 Å². The fourth-order valence-corrected chi connectivity index (χ4v) is 3.17. The van der Waals surface area contributed by atoms with E-state index in [0.717, 1.165) is 36.7 Å². The number of carbonyl (C=O) groups is 1. The minimum Gasteiger partial charge on any atom is -0.429 e. The van der Waals surface area contributed by atoms with E-state index in [-0.39, 0.29) is 17.1 Å². The summed E-state index contributed by atoms with van der Waals surface area (Å²) in [7, 11) is -4.48. The van der Waals surface area contributed by atoms with Crippen molar-refractivity contribution >= 4 is 21.7 Å². The van der Waals surface area contributed by atoms with Gasteiger partial charge in [0.1, 0.15) is 4.90 Å². The van der Waals surface area contributed by atoms with Crippen molar-refractivity contribution in [2.45, 2.75) is 31.0 Å². The number of hydrogen-bond acceptors (Lipinski definition) is 5. The first-order valence-corrected chi connectivity index (χ1v) is 9.33. The van der Waals surface area contributed by atoms with Gasteiger partial charge in [-0.2, -0.15) is 13.2 Å². The van der Waals surface area contributed by atoms with Crippen LogP contribution in [-0.2, 0) is 16.2 Å². The molecule has 0 aliphatic carbocycles. The van der Waals surface area contributed by atoms with Gasteiger partial charge in [0.2, 0.25) is 0 Å². The van der Waals surface area contributed by atoms with E-state index in [1.807, 2.05) is 0 Å². The molecular weight excluding hydrogens is 401 g/mol. The van der Waals surface area contributed by atoms with Gasteiger partial charge in [0.15, 0.2) is 0 Å². The van der Waals surface area contributed by atoms with E-state index in [1.54, 1.807) is 18.6 Å². The molecule has 3 N–H and O–H groups in total. The standard InChI is InChI=1S/C16H17F3N4O4S/c1-10(2)20-15(24)22-28(26,27)14-9-23(25)7-6-13(14)21-12-5-3-4-11(8-12)16(17,18)19/h3-10,25H,1-2H3,(H2,20,22,24). The Morgan fingerprint density at radius 3 is 2.54 bits per heavy atom. The summed E-state index contributed by atoms with van der Waals surface area (Å²) in [5, 5.41) is 11.6. The fourth-order valence-electron chi connectivity index (χ4n) is 2.12. The van der Waals surface area contributed by atoms with Crippen molar-refractivity contribution in [1.82, 2.24) is 14.8 Å². The maximum absolute atomic E-state index is 12.8. The summed E-state index contributed by atoms with van der Waals surface area (Å²) in [6.45, 7) is 3.23. The third-order valence-corrected chi connectivity index (χ3v) is 4.59. The molecule has 0 saturated carbocycles. The minimum absolute atomic E-state index is 0.159. The van der Waals surface area contributed by atoms with E-state index >= 15 is 0 Å². The quantitative estimate of drug-likeness (QED) is 0.662. The van der Waals surface area contributed by atoms with Crippen LogP contribution in [0.3, 0.4) is 0 Å². The lowest BCUT2D eigenvalue weighted by Crippen LogP contribution is -2.43. The van der Waals surface area contributed by atoms with Gasteiger partial charge in [-0.25, -0.2) is 27.7 Å². The summed E-state index contributed by atoms with van der Waals surface area (Å²) in [5.41, 5.74) is -1.12. The third kappa shape index (κ3) is 5.49. The molecular formula is C16H17F3N4O4S. The summed E-state index contributed by atoms with van der Waals surface area (Å²) in [4.78, 5) is 15.0. The number of nitrogens with zero attached hydrogens (tertiary/aromatic N) is 2. The van der Waals surface area contributed by atoms with E-state index in [1.165, 1.54) is 6.07 Å². The number of hydrogen-bond donors (Lipinski definition) is 3. The highest BCUT2D eigenvalue weighted by Gasteiger charge is 2.30. The first kappa shape index (κ1) is 21.3. The van der Waals surface area contributed by atoms with Crippen LogP contribution in [-0.4, -0.2) is 30.4 Å². The topological polar surface area (TPSA) is 113 Å². The van der Waals surface area contributed by atoms with E-state index in [0.29, 0.717) is 4.73 Å². The normalized spacial score (nSPS) is 12.9. The lowest BCUT2D eigenvalue weighted by Gasteiger charge is -2.11. The number of benzene rings is 1. The number of alkyl halides is 3. The van der Waals surface area contributed by atoms with Gasteiger partial charge in [0.25, 0.3) is 10.0 Å². The van der Waals surface area contributed by atoms with E-state index in [2.05, 4.69) is 10.3 Å². The molecule has 0 aliphatic heterocycles. The average molecular weight is 418 g/mol. The number of aromatic nitrogens is 1. The fraction of sp³-hybridized carbons (Fsp3) is 0.250. The highest BCUT2D eigenvalue weighted by molar-refractivity contribution is 7.90. The van der Waals surface area contributed by atoms with Crippen LogP contribution in [0.15, 0.2) is 52.6 Å². The molecule has 0 atom stereocenters. The summed E-state index contributed by atoms with van der Waals surface area (Å²) < 4.78 is 65.7. The molecule has 0 spiro atoms. The molecule has 1 aromatic carbocycles. The molecule has 2 amide bonds. The van der Waals surface area contributed by atoms with Gasteiger partial charge in [-0.05, 0) is 38.1 Å². The Labute approximate surface area is 158 Å². The van der Waals surface area contributed by atoms with Crippen LogP contribution in [0.25, 0.3) is 0 Å². The predicted octanol–water partition coefficient (Wildman–Crippen LogP) is 2.37. The Bertz CT molecular complexity index is 1050. The van der Waals surface area contributed by atoms with Crippen LogP contribution in [0.5, 0.6) is 0 Å². The smallest absolute Gasteiger partial charge is 0.416 e. The molecule has 12 heteroatoms. The Hall–Kier alpha value is -3.02. The SMILES string of the molecule is CC(C)NC(=O)NS(=O)(=O)c1cn(O)ccc1=Nc1cccc(C(F)(F)F)c1. The van der Waals surface area contributed by atoms with Crippen molar-refractivity contribution in [3.8, 4) is 0 Å². The molecule has 1 aromatic heterocycles. The van der Waals surface area contributed by atoms with Crippen LogP contribution in [0.4, 0.5) is 23.7 Å². The van der Waals surface area contributed by atoms with Crippen LogP contribution in [0.2, 0.25) is 0 Å².